The highest BCUT2D eigenvalue weighted by molar-refractivity contribution is 5.77. The number of nitrogens with one attached hydrogen (secondary N) is 1. The molecule has 2 N–H and O–H groups in total. The first kappa shape index (κ1) is 8.68. The minimum absolute atomic E-state index is 0.0166. The molecular weight excluding hydrogens is 182 g/mol. The maximum absolute atomic E-state index is 11.4. The van der Waals surface area contributed by atoms with E-state index in [4.69, 9.17) is 4.74 Å². The van der Waals surface area contributed by atoms with Crippen LogP contribution >= 0.6 is 0 Å². The molecule has 14 heavy (non-hydrogen) atoms. The molecular formula is C10H15NO3. The van der Waals surface area contributed by atoms with Crippen molar-refractivity contribution in [1.82, 2.24) is 5.32 Å². The Labute approximate surface area is 82.6 Å². The van der Waals surface area contributed by atoms with E-state index in [2.05, 4.69) is 5.32 Å². The quantitative estimate of drug-likeness (QED) is 0.631. The summed E-state index contributed by atoms with van der Waals surface area (Å²) < 4.78 is 5.76. The van der Waals surface area contributed by atoms with Gasteiger partial charge in [-0.15, -0.1) is 0 Å². The van der Waals surface area contributed by atoms with Crippen molar-refractivity contribution in [2.24, 2.45) is 11.3 Å². The van der Waals surface area contributed by atoms with Crippen molar-refractivity contribution >= 4 is 5.97 Å². The zero-order chi connectivity index (χ0) is 9.76. The van der Waals surface area contributed by atoms with Crippen LogP contribution in [-0.2, 0) is 9.53 Å². The Morgan fingerprint density at radius 2 is 2.36 bits per heavy atom. The van der Waals surface area contributed by atoms with E-state index in [1.165, 1.54) is 0 Å². The van der Waals surface area contributed by atoms with Crippen molar-refractivity contribution in [3.63, 3.8) is 0 Å². The van der Waals surface area contributed by atoms with Gasteiger partial charge in [-0.2, -0.15) is 0 Å². The molecule has 3 fully saturated rings. The van der Waals surface area contributed by atoms with Crippen LogP contribution in [0.3, 0.4) is 0 Å². The topological polar surface area (TPSA) is 58.6 Å². The van der Waals surface area contributed by atoms with Crippen molar-refractivity contribution in [2.45, 2.75) is 31.5 Å². The minimum Gasteiger partial charge on any atom is -0.481 e. The first-order chi connectivity index (χ1) is 6.75. The van der Waals surface area contributed by atoms with E-state index in [1.54, 1.807) is 0 Å². The molecule has 0 aliphatic carbocycles. The Morgan fingerprint density at radius 3 is 3.07 bits per heavy atom. The lowest BCUT2D eigenvalue weighted by Crippen LogP contribution is -2.55. The van der Waals surface area contributed by atoms with E-state index in [0.717, 1.165) is 32.4 Å². The molecule has 0 aromatic carbocycles. The molecule has 3 rings (SSSR count). The molecule has 0 radical (unpaired) electrons. The molecule has 0 saturated carbocycles. The maximum atomic E-state index is 11.4. The van der Waals surface area contributed by atoms with Gasteiger partial charge in [-0.05, 0) is 25.8 Å². The third-order valence-corrected chi connectivity index (χ3v) is 4.22. The van der Waals surface area contributed by atoms with Gasteiger partial charge in [-0.3, -0.25) is 4.79 Å². The fraction of sp³-hybridized carbons (Fsp3) is 0.900. The van der Waals surface area contributed by atoms with Crippen LogP contribution in [-0.4, -0.2) is 36.4 Å². The lowest BCUT2D eigenvalue weighted by molar-refractivity contribution is -0.156. The first-order valence-electron chi connectivity index (χ1n) is 5.35. The smallest absolute Gasteiger partial charge is 0.312 e. The zero-order valence-corrected chi connectivity index (χ0v) is 8.03. The van der Waals surface area contributed by atoms with Crippen LogP contribution < -0.4 is 5.32 Å². The SMILES string of the molecule is O=C(O)C12CCNCC1C1CCC2O1. The summed E-state index contributed by atoms with van der Waals surface area (Å²) in [6, 6.07) is 0. The molecule has 0 aromatic rings. The van der Waals surface area contributed by atoms with E-state index in [-0.39, 0.29) is 18.1 Å². The van der Waals surface area contributed by atoms with Gasteiger partial charge in [0.25, 0.3) is 0 Å². The second kappa shape index (κ2) is 2.70. The highest BCUT2D eigenvalue weighted by Crippen LogP contribution is 2.54. The monoisotopic (exact) mass is 197 g/mol. The van der Waals surface area contributed by atoms with Gasteiger partial charge < -0.3 is 15.2 Å². The second-order valence-electron chi connectivity index (χ2n) is 4.65. The van der Waals surface area contributed by atoms with E-state index in [1.807, 2.05) is 0 Å². The summed E-state index contributed by atoms with van der Waals surface area (Å²) in [4.78, 5) is 11.4. The van der Waals surface area contributed by atoms with Gasteiger partial charge in [0, 0.05) is 12.5 Å². The summed E-state index contributed by atoms with van der Waals surface area (Å²) in [5, 5.41) is 12.7. The highest BCUT2D eigenvalue weighted by Gasteiger charge is 2.64. The van der Waals surface area contributed by atoms with Gasteiger partial charge in [0.15, 0.2) is 0 Å². The molecule has 4 nitrogen and oxygen atoms in total. The fourth-order valence-electron chi connectivity index (χ4n) is 3.52. The number of fused-ring (bicyclic) bond motifs is 5. The number of hydrogen-bond donors (Lipinski definition) is 2. The third-order valence-electron chi connectivity index (χ3n) is 4.22. The van der Waals surface area contributed by atoms with Crippen molar-refractivity contribution < 1.29 is 14.6 Å². The Morgan fingerprint density at radius 1 is 1.50 bits per heavy atom. The first-order valence-corrected chi connectivity index (χ1v) is 5.35. The van der Waals surface area contributed by atoms with Crippen molar-refractivity contribution in [1.29, 1.82) is 0 Å². The molecule has 0 spiro atoms. The molecule has 3 aliphatic rings. The van der Waals surface area contributed by atoms with Crippen LogP contribution in [0.25, 0.3) is 0 Å². The largest absolute Gasteiger partial charge is 0.481 e. The summed E-state index contributed by atoms with van der Waals surface area (Å²) in [5.41, 5.74) is -0.561. The summed E-state index contributed by atoms with van der Waals surface area (Å²) >= 11 is 0. The van der Waals surface area contributed by atoms with Gasteiger partial charge in [-0.1, -0.05) is 0 Å². The maximum Gasteiger partial charge on any atom is 0.312 e. The fourth-order valence-corrected chi connectivity index (χ4v) is 3.52. The molecule has 2 bridgehead atoms. The molecule has 3 saturated heterocycles. The lowest BCUT2D eigenvalue weighted by Gasteiger charge is -2.41. The lowest BCUT2D eigenvalue weighted by atomic mass is 9.63. The number of piperidine rings is 1. The summed E-state index contributed by atoms with van der Waals surface area (Å²) in [5.74, 6) is -0.441. The standard InChI is InChI=1S/C10H15NO3/c12-9(13)10-3-4-11-5-6(10)7-1-2-8(10)14-7/h6-8,11H,1-5H2,(H,12,13). The van der Waals surface area contributed by atoms with E-state index >= 15 is 0 Å². The minimum atomic E-state index is -0.642. The summed E-state index contributed by atoms with van der Waals surface area (Å²) in [7, 11) is 0. The van der Waals surface area contributed by atoms with Crippen LogP contribution in [0.4, 0.5) is 0 Å². The van der Waals surface area contributed by atoms with Gasteiger partial charge >= 0.3 is 5.97 Å². The van der Waals surface area contributed by atoms with E-state index in [0.29, 0.717) is 0 Å². The predicted molar refractivity (Wildman–Crippen MR) is 48.9 cm³/mol. The van der Waals surface area contributed by atoms with Crippen molar-refractivity contribution in [3.8, 4) is 0 Å². The van der Waals surface area contributed by atoms with Crippen molar-refractivity contribution in [3.05, 3.63) is 0 Å². The summed E-state index contributed by atoms with van der Waals surface area (Å²) in [6.45, 7) is 1.63. The Bertz CT molecular complexity index is 281. The normalized spacial score (nSPS) is 50.4. The number of hydrogen-bond acceptors (Lipinski definition) is 3. The molecule has 4 atom stereocenters. The molecule has 78 valence electrons. The van der Waals surface area contributed by atoms with Gasteiger partial charge in [0.2, 0.25) is 0 Å². The molecule has 3 aliphatic heterocycles. The number of carbonyl (C=O) groups is 1. The predicted octanol–water partition coefficient (Wildman–Crippen LogP) is 0.228. The van der Waals surface area contributed by atoms with Crippen molar-refractivity contribution in [2.75, 3.05) is 13.1 Å². The van der Waals surface area contributed by atoms with Gasteiger partial charge in [-0.25, -0.2) is 0 Å². The Hall–Kier alpha value is -0.610. The van der Waals surface area contributed by atoms with Crippen LogP contribution in [0.15, 0.2) is 0 Å². The molecule has 3 heterocycles. The zero-order valence-electron chi connectivity index (χ0n) is 8.03. The second-order valence-corrected chi connectivity index (χ2v) is 4.65. The van der Waals surface area contributed by atoms with Crippen LogP contribution in [0.5, 0.6) is 0 Å². The Balaban J connectivity index is 2.01. The van der Waals surface area contributed by atoms with Gasteiger partial charge in [0.05, 0.1) is 12.2 Å². The number of rotatable bonds is 1. The van der Waals surface area contributed by atoms with E-state index in [9.17, 15) is 9.90 Å². The number of carboxylic acids is 1. The van der Waals surface area contributed by atoms with E-state index < -0.39 is 11.4 Å². The van der Waals surface area contributed by atoms with Crippen LogP contribution in [0.1, 0.15) is 19.3 Å². The number of ether oxygens (including phenoxy) is 1. The molecule has 4 unspecified atom stereocenters. The average molecular weight is 197 g/mol. The molecule has 0 aromatic heterocycles. The highest BCUT2D eigenvalue weighted by atomic mass is 16.5. The number of aliphatic carboxylic acids is 1. The average Bonchev–Trinajstić information content (AvgIpc) is 2.77. The van der Waals surface area contributed by atoms with Crippen LogP contribution in [0, 0.1) is 11.3 Å². The Kier molecular flexibility index (Phi) is 1.67. The third kappa shape index (κ3) is 0.834. The van der Waals surface area contributed by atoms with Gasteiger partial charge in [0.1, 0.15) is 5.41 Å². The molecule has 0 amide bonds. The molecule has 4 heteroatoms. The van der Waals surface area contributed by atoms with Crippen LogP contribution in [0.2, 0.25) is 0 Å². The number of carboxylic acid groups (broad SMARTS) is 1. The summed E-state index contributed by atoms with van der Waals surface area (Å²) in [6.07, 6.45) is 2.90.